The van der Waals surface area contributed by atoms with Gasteiger partial charge in [0.05, 0.1) is 0 Å². The number of nitrogens with one attached hydrogen (secondary N) is 1. The molecule has 0 aromatic carbocycles. The number of nitrogens with zero attached hydrogens (tertiary/aromatic N) is 1. The maximum atomic E-state index is 12.1. The number of likely N-dealkylation sites (tertiary alicyclic amines) is 1. The number of rotatable bonds is 4. The maximum absolute atomic E-state index is 12.1. The molecule has 0 aromatic rings. The Morgan fingerprint density at radius 3 is 2.53 bits per heavy atom. The molecule has 1 aliphatic heterocycles. The van der Waals surface area contributed by atoms with Crippen LogP contribution < -0.4 is 11.1 Å². The van der Waals surface area contributed by atoms with E-state index in [9.17, 15) is 4.79 Å². The van der Waals surface area contributed by atoms with Crippen LogP contribution >= 0.6 is 0 Å². The minimum absolute atomic E-state index is 0.220. The normalized spacial score (nSPS) is 30.2. The van der Waals surface area contributed by atoms with Gasteiger partial charge in [-0.1, -0.05) is 19.8 Å². The van der Waals surface area contributed by atoms with Gasteiger partial charge in [-0.2, -0.15) is 0 Å². The van der Waals surface area contributed by atoms with Gasteiger partial charge in [0.15, 0.2) is 0 Å². The molecule has 110 valence electrons. The Morgan fingerprint density at radius 1 is 1.21 bits per heavy atom. The number of hydrogen-bond acceptors (Lipinski definition) is 3. The van der Waals surface area contributed by atoms with Crippen molar-refractivity contribution < 1.29 is 4.79 Å². The second-order valence-electron chi connectivity index (χ2n) is 6.19. The Morgan fingerprint density at radius 2 is 1.89 bits per heavy atom. The van der Waals surface area contributed by atoms with Gasteiger partial charge < -0.3 is 16.0 Å². The summed E-state index contributed by atoms with van der Waals surface area (Å²) in [4.78, 5) is 14.5. The third kappa shape index (κ3) is 4.46. The van der Waals surface area contributed by atoms with Crippen molar-refractivity contribution in [1.82, 2.24) is 10.2 Å². The van der Waals surface area contributed by atoms with Crippen molar-refractivity contribution in [3.8, 4) is 0 Å². The average Bonchev–Trinajstić information content (AvgIpc) is 2.42. The fourth-order valence-electron chi connectivity index (χ4n) is 3.41. The molecular formula is C15H29N3O. The Kier molecular flexibility index (Phi) is 5.64. The zero-order valence-electron chi connectivity index (χ0n) is 12.2. The van der Waals surface area contributed by atoms with Crippen molar-refractivity contribution >= 4 is 5.91 Å². The van der Waals surface area contributed by atoms with Crippen LogP contribution in [-0.2, 0) is 4.79 Å². The number of nitrogens with two attached hydrogens (primary N) is 1. The molecule has 4 heteroatoms. The van der Waals surface area contributed by atoms with Crippen molar-refractivity contribution in [2.75, 3.05) is 19.6 Å². The molecule has 2 rings (SSSR count). The average molecular weight is 267 g/mol. The molecule has 2 aliphatic rings. The molecule has 0 bridgehead atoms. The summed E-state index contributed by atoms with van der Waals surface area (Å²) in [5.74, 6) is 0.627. The molecule has 3 N–H and O–H groups in total. The molecule has 1 aliphatic carbocycles. The summed E-state index contributed by atoms with van der Waals surface area (Å²) >= 11 is 0. The molecule has 2 unspecified atom stereocenters. The Balaban J connectivity index is 1.69. The summed E-state index contributed by atoms with van der Waals surface area (Å²) in [6, 6.07) is 0.622. The van der Waals surface area contributed by atoms with Crippen molar-refractivity contribution in [3.63, 3.8) is 0 Å². The molecule has 0 radical (unpaired) electrons. The van der Waals surface area contributed by atoms with E-state index in [-0.39, 0.29) is 11.9 Å². The smallest absolute Gasteiger partial charge is 0.220 e. The van der Waals surface area contributed by atoms with Crippen LogP contribution in [0.15, 0.2) is 0 Å². The molecule has 19 heavy (non-hydrogen) atoms. The van der Waals surface area contributed by atoms with E-state index < -0.39 is 0 Å². The minimum Gasteiger partial charge on any atom is -0.353 e. The first-order chi connectivity index (χ1) is 9.19. The van der Waals surface area contributed by atoms with Gasteiger partial charge in [-0.05, 0) is 38.1 Å². The van der Waals surface area contributed by atoms with Crippen molar-refractivity contribution in [1.29, 1.82) is 0 Å². The molecule has 2 fully saturated rings. The van der Waals surface area contributed by atoms with Crippen LogP contribution in [0.1, 0.15) is 51.9 Å². The number of hydrogen-bond donors (Lipinski definition) is 2. The largest absolute Gasteiger partial charge is 0.353 e. The summed E-state index contributed by atoms with van der Waals surface area (Å²) in [5.41, 5.74) is 6.11. The number of amides is 1. The van der Waals surface area contributed by atoms with E-state index >= 15 is 0 Å². The van der Waals surface area contributed by atoms with Gasteiger partial charge in [0, 0.05) is 31.6 Å². The van der Waals surface area contributed by atoms with E-state index in [0.29, 0.717) is 18.4 Å². The van der Waals surface area contributed by atoms with Gasteiger partial charge in [-0.15, -0.1) is 0 Å². The summed E-state index contributed by atoms with van der Waals surface area (Å²) in [7, 11) is 0. The quantitative estimate of drug-likeness (QED) is 0.811. The van der Waals surface area contributed by atoms with Gasteiger partial charge in [-0.25, -0.2) is 0 Å². The molecule has 1 saturated carbocycles. The summed E-state index contributed by atoms with van der Waals surface area (Å²) in [5, 5.41) is 3.21. The van der Waals surface area contributed by atoms with E-state index in [0.717, 1.165) is 45.3 Å². The monoisotopic (exact) mass is 267 g/mol. The lowest BCUT2D eigenvalue weighted by molar-refractivity contribution is -0.123. The van der Waals surface area contributed by atoms with Crippen LogP contribution in [0.2, 0.25) is 0 Å². The fraction of sp³-hybridized carbons (Fsp3) is 0.933. The third-order valence-electron chi connectivity index (χ3n) is 4.82. The van der Waals surface area contributed by atoms with Crippen LogP contribution in [0.25, 0.3) is 0 Å². The Bertz CT molecular complexity index is 287. The van der Waals surface area contributed by atoms with Crippen LogP contribution in [0.3, 0.4) is 0 Å². The zero-order valence-corrected chi connectivity index (χ0v) is 12.2. The van der Waals surface area contributed by atoms with E-state index in [1.165, 1.54) is 12.8 Å². The number of carbonyl (C=O) groups is 1. The van der Waals surface area contributed by atoms with Crippen molar-refractivity contribution in [2.24, 2.45) is 11.7 Å². The van der Waals surface area contributed by atoms with E-state index in [2.05, 4.69) is 17.1 Å². The number of piperidine rings is 1. The molecule has 1 amide bonds. The van der Waals surface area contributed by atoms with Gasteiger partial charge >= 0.3 is 0 Å². The standard InChI is InChI=1S/C15H29N3O/c1-2-18-9-7-13(8-10-18)17-15(19)11-12-5-3-4-6-14(12)16/h12-14H,2-11,16H2,1H3,(H,17,19). The predicted molar refractivity (Wildman–Crippen MR) is 77.8 cm³/mol. The fourth-order valence-corrected chi connectivity index (χ4v) is 3.41. The highest BCUT2D eigenvalue weighted by Gasteiger charge is 2.26. The maximum Gasteiger partial charge on any atom is 0.220 e. The van der Waals surface area contributed by atoms with Crippen LogP contribution in [0.5, 0.6) is 0 Å². The van der Waals surface area contributed by atoms with Crippen molar-refractivity contribution in [2.45, 2.75) is 64.0 Å². The van der Waals surface area contributed by atoms with Crippen molar-refractivity contribution in [3.05, 3.63) is 0 Å². The topological polar surface area (TPSA) is 58.4 Å². The minimum atomic E-state index is 0.220. The second kappa shape index (κ2) is 7.25. The van der Waals surface area contributed by atoms with E-state index in [1.807, 2.05) is 0 Å². The molecule has 1 heterocycles. The Hall–Kier alpha value is -0.610. The van der Waals surface area contributed by atoms with Crippen LogP contribution in [-0.4, -0.2) is 42.5 Å². The van der Waals surface area contributed by atoms with E-state index in [1.54, 1.807) is 0 Å². The first kappa shape index (κ1) is 14.8. The first-order valence-corrected chi connectivity index (χ1v) is 7.96. The van der Waals surface area contributed by atoms with Gasteiger partial charge in [0.1, 0.15) is 0 Å². The highest BCUT2D eigenvalue weighted by molar-refractivity contribution is 5.76. The lowest BCUT2D eigenvalue weighted by atomic mass is 9.83. The summed E-state index contributed by atoms with van der Waals surface area (Å²) in [6.07, 6.45) is 7.51. The highest BCUT2D eigenvalue weighted by Crippen LogP contribution is 2.25. The predicted octanol–water partition coefficient (Wildman–Crippen LogP) is 1.49. The van der Waals surface area contributed by atoms with Gasteiger partial charge in [0.25, 0.3) is 0 Å². The molecule has 1 saturated heterocycles. The molecule has 4 nitrogen and oxygen atoms in total. The van der Waals surface area contributed by atoms with Gasteiger partial charge in [-0.3, -0.25) is 4.79 Å². The van der Waals surface area contributed by atoms with Crippen LogP contribution in [0, 0.1) is 5.92 Å². The van der Waals surface area contributed by atoms with Crippen LogP contribution in [0.4, 0.5) is 0 Å². The Labute approximate surface area is 117 Å². The third-order valence-corrected chi connectivity index (χ3v) is 4.82. The molecule has 0 spiro atoms. The molecular weight excluding hydrogens is 238 g/mol. The highest BCUT2D eigenvalue weighted by atomic mass is 16.1. The lowest BCUT2D eigenvalue weighted by Gasteiger charge is -2.32. The summed E-state index contributed by atoms with van der Waals surface area (Å²) in [6.45, 7) is 5.55. The zero-order chi connectivity index (χ0) is 13.7. The molecule has 2 atom stereocenters. The first-order valence-electron chi connectivity index (χ1n) is 7.96. The molecule has 0 aromatic heterocycles. The lowest BCUT2D eigenvalue weighted by Crippen LogP contribution is -2.45. The summed E-state index contributed by atoms with van der Waals surface area (Å²) < 4.78 is 0. The van der Waals surface area contributed by atoms with E-state index in [4.69, 9.17) is 5.73 Å². The second-order valence-corrected chi connectivity index (χ2v) is 6.19. The SMILES string of the molecule is CCN1CCC(NC(=O)CC2CCCCC2N)CC1. The number of carbonyl (C=O) groups excluding carboxylic acids is 1. The van der Waals surface area contributed by atoms with Gasteiger partial charge in [0.2, 0.25) is 5.91 Å².